The minimum Gasteiger partial charge on any atom is -0.388 e. The van der Waals surface area contributed by atoms with Crippen LogP contribution in [0, 0.1) is 20.8 Å². The third-order valence-electron chi connectivity index (χ3n) is 3.54. The minimum absolute atomic E-state index is 0.495. The number of aliphatic hydroxyl groups excluding tert-OH is 1. The number of rotatable bonds is 3. The molecule has 0 saturated carbocycles. The summed E-state index contributed by atoms with van der Waals surface area (Å²) in [5.41, 5.74) is 4.62. The van der Waals surface area contributed by atoms with Crippen LogP contribution in [0.3, 0.4) is 0 Å². The van der Waals surface area contributed by atoms with Gasteiger partial charge in [0.2, 0.25) is 0 Å². The smallest absolute Gasteiger partial charge is 0.111 e. The van der Waals surface area contributed by atoms with E-state index in [9.17, 15) is 5.11 Å². The molecule has 0 bridgehead atoms. The van der Waals surface area contributed by atoms with Crippen LogP contribution in [0.5, 0.6) is 0 Å². The highest BCUT2D eigenvalue weighted by Crippen LogP contribution is 2.24. The quantitative estimate of drug-likeness (QED) is 0.901. The fraction of sp³-hybridized carbons (Fsp3) is 0.400. The molecule has 3 heteroatoms. The summed E-state index contributed by atoms with van der Waals surface area (Å²) in [6.45, 7) is 6.21. The molecule has 0 spiro atoms. The van der Waals surface area contributed by atoms with Gasteiger partial charge in [-0.05, 0) is 43.0 Å². The molecule has 1 N–H and O–H groups in total. The Morgan fingerprint density at radius 2 is 1.83 bits per heavy atom. The van der Waals surface area contributed by atoms with E-state index in [-0.39, 0.29) is 0 Å². The molecule has 0 amide bonds. The Morgan fingerprint density at radius 3 is 2.44 bits per heavy atom. The van der Waals surface area contributed by atoms with Gasteiger partial charge in [-0.2, -0.15) is 0 Å². The van der Waals surface area contributed by atoms with E-state index in [1.165, 1.54) is 11.1 Å². The molecule has 1 aromatic carbocycles. The molecule has 2 rings (SSSR count). The Hall–Kier alpha value is -1.61. The van der Waals surface area contributed by atoms with Gasteiger partial charge in [0.1, 0.15) is 5.82 Å². The molecule has 2 aromatic rings. The van der Waals surface area contributed by atoms with Crippen LogP contribution in [0.2, 0.25) is 0 Å². The maximum absolute atomic E-state index is 10.4. The first kappa shape index (κ1) is 12.8. The number of imidazole rings is 1. The molecule has 0 aliphatic heterocycles. The lowest BCUT2D eigenvalue weighted by Gasteiger charge is -2.15. The summed E-state index contributed by atoms with van der Waals surface area (Å²) in [6.07, 6.45) is 3.71. The Kier molecular flexibility index (Phi) is 3.53. The van der Waals surface area contributed by atoms with Crippen LogP contribution in [-0.2, 0) is 13.5 Å². The predicted molar refractivity (Wildman–Crippen MR) is 72.5 cm³/mol. The van der Waals surface area contributed by atoms with Gasteiger partial charge in [0.05, 0.1) is 6.10 Å². The monoisotopic (exact) mass is 244 g/mol. The second-order valence-corrected chi connectivity index (χ2v) is 4.97. The van der Waals surface area contributed by atoms with Crippen LogP contribution in [0.25, 0.3) is 0 Å². The van der Waals surface area contributed by atoms with Crippen molar-refractivity contribution in [1.82, 2.24) is 9.55 Å². The molecule has 1 unspecified atom stereocenters. The van der Waals surface area contributed by atoms with Gasteiger partial charge in [-0.15, -0.1) is 0 Å². The molecule has 1 heterocycles. The number of hydrogen-bond donors (Lipinski definition) is 1. The van der Waals surface area contributed by atoms with E-state index in [1.54, 1.807) is 6.20 Å². The van der Waals surface area contributed by atoms with E-state index in [0.717, 1.165) is 17.0 Å². The average molecular weight is 244 g/mol. The van der Waals surface area contributed by atoms with Crippen molar-refractivity contribution in [2.24, 2.45) is 7.05 Å². The van der Waals surface area contributed by atoms with Crippen molar-refractivity contribution in [2.75, 3.05) is 0 Å². The van der Waals surface area contributed by atoms with Crippen molar-refractivity contribution in [2.45, 2.75) is 33.3 Å². The standard InChI is InChI=1S/C15H20N2O/c1-10-7-12(3)13(8-11(10)2)14(18)9-15-16-5-6-17(15)4/h5-8,14,18H,9H2,1-4H3. The highest BCUT2D eigenvalue weighted by Gasteiger charge is 2.14. The summed E-state index contributed by atoms with van der Waals surface area (Å²) < 4.78 is 1.94. The van der Waals surface area contributed by atoms with Gasteiger partial charge in [-0.3, -0.25) is 0 Å². The van der Waals surface area contributed by atoms with Crippen molar-refractivity contribution in [3.8, 4) is 0 Å². The van der Waals surface area contributed by atoms with Gasteiger partial charge in [-0.1, -0.05) is 12.1 Å². The third-order valence-corrected chi connectivity index (χ3v) is 3.54. The summed E-state index contributed by atoms with van der Waals surface area (Å²) >= 11 is 0. The summed E-state index contributed by atoms with van der Waals surface area (Å²) in [7, 11) is 1.95. The Morgan fingerprint density at radius 1 is 1.17 bits per heavy atom. The Labute approximate surface area is 108 Å². The molecule has 0 aliphatic carbocycles. The highest BCUT2D eigenvalue weighted by molar-refractivity contribution is 5.37. The molecule has 0 aliphatic rings. The number of nitrogens with zero attached hydrogens (tertiary/aromatic N) is 2. The zero-order chi connectivity index (χ0) is 13.3. The maximum Gasteiger partial charge on any atom is 0.111 e. The first-order valence-corrected chi connectivity index (χ1v) is 6.21. The van der Waals surface area contributed by atoms with Gasteiger partial charge < -0.3 is 9.67 Å². The van der Waals surface area contributed by atoms with Crippen molar-refractivity contribution in [3.05, 3.63) is 52.6 Å². The van der Waals surface area contributed by atoms with E-state index >= 15 is 0 Å². The van der Waals surface area contributed by atoms with E-state index in [0.29, 0.717) is 6.42 Å². The molecule has 18 heavy (non-hydrogen) atoms. The van der Waals surface area contributed by atoms with Crippen molar-refractivity contribution < 1.29 is 5.11 Å². The SMILES string of the molecule is Cc1cc(C)c(C(O)Cc2nccn2C)cc1C. The molecule has 96 valence electrons. The minimum atomic E-state index is -0.495. The summed E-state index contributed by atoms with van der Waals surface area (Å²) in [5.74, 6) is 0.903. The lowest BCUT2D eigenvalue weighted by molar-refractivity contribution is 0.174. The molecular formula is C15H20N2O. The van der Waals surface area contributed by atoms with Crippen LogP contribution >= 0.6 is 0 Å². The molecule has 0 fully saturated rings. The van der Waals surface area contributed by atoms with Gasteiger partial charge >= 0.3 is 0 Å². The van der Waals surface area contributed by atoms with Crippen LogP contribution in [0.1, 0.15) is 34.2 Å². The summed E-state index contributed by atoms with van der Waals surface area (Å²) in [6, 6.07) is 4.21. The number of aliphatic hydroxyl groups is 1. The second kappa shape index (κ2) is 4.94. The summed E-state index contributed by atoms with van der Waals surface area (Å²) in [4.78, 5) is 4.25. The zero-order valence-electron chi connectivity index (χ0n) is 11.4. The molecular weight excluding hydrogens is 224 g/mol. The number of aromatic nitrogens is 2. The Balaban J connectivity index is 2.26. The van der Waals surface area contributed by atoms with Crippen LogP contribution < -0.4 is 0 Å². The molecule has 1 aromatic heterocycles. The van der Waals surface area contributed by atoms with Gasteiger partial charge in [0.15, 0.2) is 0 Å². The van der Waals surface area contributed by atoms with E-state index in [4.69, 9.17) is 0 Å². The largest absolute Gasteiger partial charge is 0.388 e. The van der Waals surface area contributed by atoms with Crippen molar-refractivity contribution >= 4 is 0 Å². The average Bonchev–Trinajstić information content (AvgIpc) is 2.69. The molecule has 0 saturated heterocycles. The lowest BCUT2D eigenvalue weighted by Crippen LogP contribution is -2.08. The van der Waals surface area contributed by atoms with E-state index < -0.39 is 6.10 Å². The molecule has 1 atom stereocenters. The van der Waals surface area contributed by atoms with Crippen molar-refractivity contribution in [3.63, 3.8) is 0 Å². The second-order valence-electron chi connectivity index (χ2n) is 4.97. The lowest BCUT2D eigenvalue weighted by atomic mass is 9.96. The predicted octanol–water partition coefficient (Wildman–Crippen LogP) is 2.62. The van der Waals surface area contributed by atoms with Gasteiger partial charge in [-0.25, -0.2) is 4.98 Å². The number of hydrogen-bond acceptors (Lipinski definition) is 2. The highest BCUT2D eigenvalue weighted by atomic mass is 16.3. The van der Waals surface area contributed by atoms with Crippen molar-refractivity contribution in [1.29, 1.82) is 0 Å². The Bertz CT molecular complexity index is 558. The number of benzene rings is 1. The molecule has 3 nitrogen and oxygen atoms in total. The first-order chi connectivity index (χ1) is 8.49. The fourth-order valence-corrected chi connectivity index (χ4v) is 2.22. The van der Waals surface area contributed by atoms with E-state index in [1.807, 2.05) is 24.7 Å². The van der Waals surface area contributed by atoms with Crippen LogP contribution in [-0.4, -0.2) is 14.7 Å². The topological polar surface area (TPSA) is 38.1 Å². The maximum atomic E-state index is 10.4. The fourth-order valence-electron chi connectivity index (χ4n) is 2.22. The van der Waals surface area contributed by atoms with Crippen LogP contribution in [0.15, 0.2) is 24.5 Å². The van der Waals surface area contributed by atoms with E-state index in [2.05, 4.69) is 31.0 Å². The third kappa shape index (κ3) is 2.46. The first-order valence-electron chi connectivity index (χ1n) is 6.21. The number of aryl methyl sites for hydroxylation is 4. The summed E-state index contributed by atoms with van der Waals surface area (Å²) in [5, 5.41) is 10.4. The zero-order valence-corrected chi connectivity index (χ0v) is 11.4. The normalized spacial score (nSPS) is 12.7. The van der Waals surface area contributed by atoms with Crippen LogP contribution in [0.4, 0.5) is 0 Å². The van der Waals surface area contributed by atoms with Gasteiger partial charge in [0, 0.05) is 25.9 Å². The molecule has 0 radical (unpaired) electrons. The van der Waals surface area contributed by atoms with Gasteiger partial charge in [0.25, 0.3) is 0 Å².